The minimum Gasteiger partial charge on any atom is -0.496 e. The normalized spacial score (nSPS) is 12.7. The largest absolute Gasteiger partial charge is 0.496 e. The molecule has 0 spiro atoms. The highest BCUT2D eigenvalue weighted by molar-refractivity contribution is 6.08. The Bertz CT molecular complexity index is 1550. The fourth-order valence-corrected chi connectivity index (χ4v) is 5.66. The Hall–Kier alpha value is -4.07. The Kier molecular flexibility index (Phi) is 12.7. The molecule has 2 atom stereocenters. The van der Waals surface area contributed by atoms with E-state index in [2.05, 4.69) is 31.0 Å². The summed E-state index contributed by atoms with van der Waals surface area (Å²) in [6, 6.07) is 24.3. The van der Waals surface area contributed by atoms with E-state index in [0.717, 1.165) is 60.3 Å². The van der Waals surface area contributed by atoms with E-state index in [0.29, 0.717) is 29.8 Å². The molecular weight excluding hydrogens is 562 g/mol. The molecule has 3 aromatic carbocycles. The lowest BCUT2D eigenvalue weighted by molar-refractivity contribution is -0.123. The van der Waals surface area contributed by atoms with Gasteiger partial charge in [0.15, 0.2) is 5.78 Å². The van der Waals surface area contributed by atoms with Crippen LogP contribution in [0, 0.1) is 12.8 Å². The smallest absolute Gasteiger partial charge is 0.252 e. The maximum Gasteiger partial charge on any atom is 0.252 e. The molecule has 1 amide bonds. The fourth-order valence-electron chi connectivity index (χ4n) is 5.66. The van der Waals surface area contributed by atoms with Crippen LogP contribution in [0.25, 0.3) is 22.2 Å². The molecule has 7 heteroatoms. The number of nitrogens with zero attached hydrogens (tertiary/aromatic N) is 2. The van der Waals surface area contributed by atoms with E-state index >= 15 is 0 Å². The summed E-state index contributed by atoms with van der Waals surface area (Å²) in [5.41, 5.74) is 4.72. The monoisotopic (exact) mass is 609 g/mol. The number of fused-ring (bicyclic) bond motifs is 1. The van der Waals surface area contributed by atoms with E-state index < -0.39 is 6.04 Å². The highest BCUT2D eigenvalue weighted by atomic mass is 16.5. The van der Waals surface area contributed by atoms with E-state index in [1.807, 2.05) is 79.7 Å². The second-order valence-electron chi connectivity index (χ2n) is 11.7. The number of nitrogens with one attached hydrogen (secondary N) is 1. The molecule has 4 aromatic rings. The number of hydrogen-bond donors (Lipinski definition) is 1. The van der Waals surface area contributed by atoms with Crippen molar-refractivity contribution in [2.75, 3.05) is 33.4 Å². The van der Waals surface area contributed by atoms with Gasteiger partial charge in [0.25, 0.3) is 5.91 Å². The third-order valence-corrected chi connectivity index (χ3v) is 8.36. The van der Waals surface area contributed by atoms with Gasteiger partial charge >= 0.3 is 0 Å². The van der Waals surface area contributed by atoms with Crippen molar-refractivity contribution in [1.29, 1.82) is 0 Å². The molecule has 1 aromatic heterocycles. The number of carbonyl (C=O) groups is 2. The van der Waals surface area contributed by atoms with Crippen LogP contribution in [0.5, 0.6) is 5.75 Å². The number of ketones is 1. The fraction of sp³-hybridized carbons (Fsp3) is 0.395. The zero-order valence-corrected chi connectivity index (χ0v) is 27.3. The van der Waals surface area contributed by atoms with Gasteiger partial charge in [-0.05, 0) is 86.8 Å². The van der Waals surface area contributed by atoms with Gasteiger partial charge < -0.3 is 19.7 Å². The minimum absolute atomic E-state index is 0.0175. The number of pyridine rings is 1. The summed E-state index contributed by atoms with van der Waals surface area (Å²) >= 11 is 0. The molecule has 0 saturated carbocycles. The summed E-state index contributed by atoms with van der Waals surface area (Å²) in [5.74, 6) is 0.650. The van der Waals surface area contributed by atoms with Crippen molar-refractivity contribution in [3.8, 4) is 17.0 Å². The predicted octanol–water partition coefficient (Wildman–Crippen LogP) is 7.25. The maximum absolute atomic E-state index is 14.0. The van der Waals surface area contributed by atoms with E-state index in [4.69, 9.17) is 14.5 Å². The SMILES string of the molecule is CCN(CC)CCCC(C)CC(=O)C(COCc1ccccc1)NC(=O)c1cc(-c2ccc(OC)c(C)c2)nc2ccccc12. The molecule has 1 N–H and O–H groups in total. The summed E-state index contributed by atoms with van der Waals surface area (Å²) in [4.78, 5) is 34.9. The molecule has 238 valence electrons. The van der Waals surface area contributed by atoms with E-state index in [1.54, 1.807) is 13.2 Å². The molecule has 45 heavy (non-hydrogen) atoms. The molecule has 2 unspecified atom stereocenters. The van der Waals surface area contributed by atoms with Crippen LogP contribution in [0.15, 0.2) is 78.9 Å². The average molecular weight is 610 g/mol. The number of hydrogen-bond acceptors (Lipinski definition) is 6. The van der Waals surface area contributed by atoms with Gasteiger partial charge in [0.05, 0.1) is 37.1 Å². The van der Waals surface area contributed by atoms with Gasteiger partial charge in [0.1, 0.15) is 11.8 Å². The molecule has 0 radical (unpaired) electrons. The van der Waals surface area contributed by atoms with Crippen LogP contribution in [0.2, 0.25) is 0 Å². The van der Waals surface area contributed by atoms with Crippen LogP contribution in [0.1, 0.15) is 61.5 Å². The molecule has 0 bridgehead atoms. The Balaban J connectivity index is 1.55. The first-order valence-corrected chi connectivity index (χ1v) is 16.0. The Labute approximate surface area is 268 Å². The van der Waals surface area contributed by atoms with Crippen molar-refractivity contribution in [2.24, 2.45) is 5.92 Å². The molecular formula is C38H47N3O4. The number of carbonyl (C=O) groups excluding carboxylic acids is 2. The minimum atomic E-state index is -0.773. The Morgan fingerprint density at radius 3 is 2.40 bits per heavy atom. The van der Waals surface area contributed by atoms with Crippen molar-refractivity contribution in [3.63, 3.8) is 0 Å². The average Bonchev–Trinajstić information content (AvgIpc) is 3.06. The number of aromatic nitrogens is 1. The maximum atomic E-state index is 14.0. The molecule has 0 aliphatic heterocycles. The molecule has 0 aliphatic carbocycles. The summed E-state index contributed by atoms with van der Waals surface area (Å²) in [6.45, 7) is 12.0. The first-order valence-electron chi connectivity index (χ1n) is 16.0. The third kappa shape index (κ3) is 9.46. The van der Waals surface area contributed by atoms with Gasteiger partial charge in [-0.1, -0.05) is 69.3 Å². The summed E-state index contributed by atoms with van der Waals surface area (Å²) in [6.07, 6.45) is 2.37. The third-order valence-electron chi connectivity index (χ3n) is 8.36. The lowest BCUT2D eigenvalue weighted by Crippen LogP contribution is -2.44. The van der Waals surface area contributed by atoms with Crippen LogP contribution >= 0.6 is 0 Å². The highest BCUT2D eigenvalue weighted by Crippen LogP contribution is 2.28. The number of Topliss-reactive ketones (excluding diaryl/α,β-unsaturated/α-hetero) is 1. The van der Waals surface area contributed by atoms with Crippen molar-refractivity contribution in [1.82, 2.24) is 15.2 Å². The first kappa shape index (κ1) is 33.8. The highest BCUT2D eigenvalue weighted by Gasteiger charge is 2.25. The van der Waals surface area contributed by atoms with Crippen molar-refractivity contribution in [3.05, 3.63) is 95.6 Å². The van der Waals surface area contributed by atoms with E-state index in [9.17, 15) is 9.59 Å². The van der Waals surface area contributed by atoms with Crippen molar-refractivity contribution >= 4 is 22.6 Å². The Morgan fingerprint density at radius 2 is 1.69 bits per heavy atom. The standard InChI is InChI=1S/C38H47N3O4/c1-6-41(7-2)21-13-14-27(3)22-36(42)35(26-45-25-29-15-9-8-10-16-29)40-38(43)32-24-34(39-33-18-12-11-17-31(32)33)30-19-20-37(44-5)28(4)23-30/h8-12,15-20,23-24,27,35H,6-7,13-14,21-22,25-26H2,1-5H3,(H,40,43). The van der Waals surface area contributed by atoms with Gasteiger partial charge in [0, 0.05) is 17.4 Å². The molecule has 1 heterocycles. The van der Waals surface area contributed by atoms with Crippen LogP contribution < -0.4 is 10.1 Å². The lowest BCUT2D eigenvalue weighted by atomic mass is 9.95. The predicted molar refractivity (Wildman–Crippen MR) is 182 cm³/mol. The van der Waals surface area contributed by atoms with Gasteiger partial charge in [0.2, 0.25) is 0 Å². The summed E-state index contributed by atoms with van der Waals surface area (Å²) < 4.78 is 11.4. The number of benzene rings is 3. The zero-order valence-electron chi connectivity index (χ0n) is 27.3. The number of aryl methyl sites for hydroxylation is 1. The Morgan fingerprint density at radius 1 is 0.956 bits per heavy atom. The van der Waals surface area contributed by atoms with Gasteiger partial charge in [-0.2, -0.15) is 0 Å². The van der Waals surface area contributed by atoms with Gasteiger partial charge in [-0.3, -0.25) is 9.59 Å². The van der Waals surface area contributed by atoms with Crippen LogP contribution in [-0.2, 0) is 16.1 Å². The van der Waals surface area contributed by atoms with Gasteiger partial charge in [-0.15, -0.1) is 0 Å². The lowest BCUT2D eigenvalue weighted by Gasteiger charge is -2.22. The molecule has 4 rings (SSSR count). The molecule has 0 aliphatic rings. The molecule has 0 fully saturated rings. The molecule has 0 saturated heterocycles. The van der Waals surface area contributed by atoms with E-state index in [1.165, 1.54) is 0 Å². The first-order chi connectivity index (χ1) is 21.8. The zero-order chi connectivity index (χ0) is 32.2. The number of rotatable bonds is 17. The molecule has 7 nitrogen and oxygen atoms in total. The van der Waals surface area contributed by atoms with Gasteiger partial charge in [-0.25, -0.2) is 4.98 Å². The van der Waals surface area contributed by atoms with Crippen molar-refractivity contribution < 1.29 is 19.1 Å². The second-order valence-corrected chi connectivity index (χ2v) is 11.7. The number of para-hydroxylation sites is 1. The number of amides is 1. The van der Waals surface area contributed by atoms with Crippen LogP contribution in [0.3, 0.4) is 0 Å². The summed E-state index contributed by atoms with van der Waals surface area (Å²) in [5, 5.41) is 3.78. The topological polar surface area (TPSA) is 80.8 Å². The van der Waals surface area contributed by atoms with Crippen LogP contribution in [0.4, 0.5) is 0 Å². The number of methoxy groups -OCH3 is 1. The summed E-state index contributed by atoms with van der Waals surface area (Å²) in [7, 11) is 1.65. The number of ether oxygens (including phenoxy) is 2. The van der Waals surface area contributed by atoms with Crippen LogP contribution in [-0.4, -0.2) is 61.0 Å². The quantitative estimate of drug-likeness (QED) is 0.136. The second kappa shape index (κ2) is 16.8. The van der Waals surface area contributed by atoms with Crippen molar-refractivity contribution in [2.45, 2.75) is 59.6 Å². The van der Waals surface area contributed by atoms with E-state index in [-0.39, 0.29) is 24.2 Å².